The Bertz CT molecular complexity index is 322. The van der Waals surface area contributed by atoms with Crippen LogP contribution >= 0.6 is 0 Å². The minimum Gasteiger partial charge on any atom is -0.298 e. The van der Waals surface area contributed by atoms with Gasteiger partial charge in [0.05, 0.1) is 5.69 Å². The summed E-state index contributed by atoms with van der Waals surface area (Å²) in [7, 11) is 0. The number of carbonyl (C=O) groups is 1. The van der Waals surface area contributed by atoms with Crippen LogP contribution in [0.1, 0.15) is 18.4 Å². The minimum atomic E-state index is 0.0644. The van der Waals surface area contributed by atoms with Gasteiger partial charge in [-0.05, 0) is 24.5 Å². The fourth-order valence-electron chi connectivity index (χ4n) is 1.50. The molecule has 1 aliphatic rings. The number of hydrogen-bond donors (Lipinski definition) is 2. The molecule has 1 aromatic rings. The number of para-hydroxylation sites is 1. The number of hydrazine groups is 1. The van der Waals surface area contributed by atoms with E-state index in [2.05, 4.69) is 16.9 Å². The van der Waals surface area contributed by atoms with Crippen LogP contribution in [0.3, 0.4) is 0 Å². The largest absolute Gasteiger partial charge is 0.298 e. The Hall–Kier alpha value is -1.51. The van der Waals surface area contributed by atoms with Crippen molar-refractivity contribution in [1.29, 1.82) is 0 Å². The van der Waals surface area contributed by atoms with Crippen molar-refractivity contribution in [3.63, 3.8) is 0 Å². The van der Waals surface area contributed by atoms with E-state index in [-0.39, 0.29) is 5.91 Å². The number of fused-ring (bicyclic) bond motifs is 1. The lowest BCUT2D eigenvalue weighted by atomic mass is 10.1. The van der Waals surface area contributed by atoms with Gasteiger partial charge in [0.1, 0.15) is 0 Å². The third kappa shape index (κ3) is 1.80. The Morgan fingerprint density at radius 2 is 1.92 bits per heavy atom. The standard InChI is InChI=1S/C10H12N2O/c13-10-7-3-5-8-4-1-2-6-9(8)11-12-10/h1-2,4,6,11H,3,5,7H2,(H,12,13). The van der Waals surface area contributed by atoms with Crippen LogP contribution < -0.4 is 10.9 Å². The molecule has 0 bridgehead atoms. The molecule has 1 aromatic carbocycles. The van der Waals surface area contributed by atoms with E-state index >= 15 is 0 Å². The maximum atomic E-state index is 11.1. The van der Waals surface area contributed by atoms with E-state index in [4.69, 9.17) is 0 Å². The van der Waals surface area contributed by atoms with E-state index in [1.165, 1.54) is 5.56 Å². The van der Waals surface area contributed by atoms with E-state index < -0.39 is 0 Å². The molecule has 1 heterocycles. The fraction of sp³-hybridized carbons (Fsp3) is 0.300. The van der Waals surface area contributed by atoms with Gasteiger partial charge in [-0.25, -0.2) is 0 Å². The number of benzene rings is 1. The lowest BCUT2D eigenvalue weighted by Gasteiger charge is -2.15. The average Bonchev–Trinajstić information content (AvgIpc) is 2.13. The van der Waals surface area contributed by atoms with Crippen molar-refractivity contribution in [2.45, 2.75) is 19.3 Å². The molecule has 0 unspecified atom stereocenters. The molecule has 0 radical (unpaired) electrons. The van der Waals surface area contributed by atoms with Gasteiger partial charge in [-0.3, -0.25) is 15.6 Å². The van der Waals surface area contributed by atoms with Gasteiger partial charge in [0.2, 0.25) is 5.91 Å². The zero-order valence-electron chi connectivity index (χ0n) is 7.34. The van der Waals surface area contributed by atoms with Crippen LogP contribution in [-0.4, -0.2) is 5.91 Å². The molecule has 0 aromatic heterocycles. The zero-order valence-corrected chi connectivity index (χ0v) is 7.34. The highest BCUT2D eigenvalue weighted by Gasteiger charge is 2.08. The van der Waals surface area contributed by atoms with Gasteiger partial charge in [-0.2, -0.15) is 0 Å². The number of aryl methyl sites for hydroxylation is 1. The van der Waals surface area contributed by atoms with Crippen molar-refractivity contribution < 1.29 is 4.79 Å². The van der Waals surface area contributed by atoms with Gasteiger partial charge in [-0.15, -0.1) is 0 Å². The van der Waals surface area contributed by atoms with E-state index in [0.717, 1.165) is 18.5 Å². The lowest BCUT2D eigenvalue weighted by molar-refractivity contribution is -0.120. The summed E-state index contributed by atoms with van der Waals surface area (Å²) in [5.41, 5.74) is 7.84. The van der Waals surface area contributed by atoms with E-state index in [1.807, 2.05) is 18.2 Å². The molecule has 0 spiro atoms. The number of amides is 1. The Kier molecular flexibility index (Phi) is 2.17. The minimum absolute atomic E-state index is 0.0644. The summed E-state index contributed by atoms with van der Waals surface area (Å²) in [6, 6.07) is 8.03. The van der Waals surface area contributed by atoms with Crippen LogP contribution in [0, 0.1) is 0 Å². The van der Waals surface area contributed by atoms with Crippen LogP contribution in [0.25, 0.3) is 0 Å². The summed E-state index contributed by atoms with van der Waals surface area (Å²) in [5.74, 6) is 0.0644. The quantitative estimate of drug-likeness (QED) is 0.628. The van der Waals surface area contributed by atoms with Crippen molar-refractivity contribution in [2.24, 2.45) is 0 Å². The predicted octanol–water partition coefficient (Wildman–Crippen LogP) is 1.47. The summed E-state index contributed by atoms with van der Waals surface area (Å²) in [4.78, 5) is 11.1. The van der Waals surface area contributed by atoms with Crippen LogP contribution in [0.15, 0.2) is 24.3 Å². The predicted molar refractivity (Wildman–Crippen MR) is 51.1 cm³/mol. The summed E-state index contributed by atoms with van der Waals surface area (Å²) >= 11 is 0. The molecule has 1 amide bonds. The van der Waals surface area contributed by atoms with E-state index in [1.54, 1.807) is 0 Å². The number of rotatable bonds is 0. The summed E-state index contributed by atoms with van der Waals surface area (Å²) in [6.07, 6.45) is 2.49. The van der Waals surface area contributed by atoms with Crippen LogP contribution in [0.2, 0.25) is 0 Å². The molecule has 0 saturated heterocycles. The molecule has 1 aliphatic heterocycles. The number of hydrogen-bond acceptors (Lipinski definition) is 2. The molecule has 0 fully saturated rings. The first-order valence-corrected chi connectivity index (χ1v) is 4.49. The van der Waals surface area contributed by atoms with Gasteiger partial charge >= 0.3 is 0 Å². The molecule has 68 valence electrons. The number of anilines is 1. The van der Waals surface area contributed by atoms with Crippen molar-refractivity contribution in [1.82, 2.24) is 5.43 Å². The average molecular weight is 176 g/mol. The second-order valence-electron chi connectivity index (χ2n) is 3.18. The summed E-state index contributed by atoms with van der Waals surface area (Å²) in [6.45, 7) is 0. The van der Waals surface area contributed by atoms with Gasteiger partial charge in [0.15, 0.2) is 0 Å². The first-order valence-electron chi connectivity index (χ1n) is 4.49. The summed E-state index contributed by atoms with van der Waals surface area (Å²) in [5, 5.41) is 0. The van der Waals surface area contributed by atoms with Crippen LogP contribution in [0.5, 0.6) is 0 Å². The molecule has 0 atom stereocenters. The van der Waals surface area contributed by atoms with Gasteiger partial charge in [0, 0.05) is 6.42 Å². The Morgan fingerprint density at radius 1 is 1.08 bits per heavy atom. The Morgan fingerprint density at radius 3 is 2.85 bits per heavy atom. The molecule has 0 saturated carbocycles. The van der Waals surface area contributed by atoms with Crippen LogP contribution in [0.4, 0.5) is 5.69 Å². The summed E-state index contributed by atoms with van der Waals surface area (Å²) < 4.78 is 0. The molecular weight excluding hydrogens is 164 g/mol. The highest BCUT2D eigenvalue weighted by atomic mass is 16.2. The number of carbonyl (C=O) groups excluding carboxylic acids is 1. The number of nitrogens with one attached hydrogen (secondary N) is 2. The van der Waals surface area contributed by atoms with Crippen molar-refractivity contribution in [3.8, 4) is 0 Å². The van der Waals surface area contributed by atoms with E-state index in [0.29, 0.717) is 6.42 Å². The smallest absolute Gasteiger partial charge is 0.238 e. The maximum Gasteiger partial charge on any atom is 0.238 e. The normalized spacial score (nSPS) is 16.2. The molecule has 3 heteroatoms. The van der Waals surface area contributed by atoms with Crippen molar-refractivity contribution in [3.05, 3.63) is 29.8 Å². The maximum absolute atomic E-state index is 11.1. The zero-order chi connectivity index (χ0) is 9.10. The highest BCUT2D eigenvalue weighted by Crippen LogP contribution is 2.17. The first-order chi connectivity index (χ1) is 6.36. The first kappa shape index (κ1) is 8.10. The Labute approximate surface area is 77.1 Å². The van der Waals surface area contributed by atoms with Gasteiger partial charge < -0.3 is 0 Å². The SMILES string of the molecule is O=C1CCCc2ccccc2NN1. The third-order valence-electron chi connectivity index (χ3n) is 2.20. The van der Waals surface area contributed by atoms with Gasteiger partial charge in [0.25, 0.3) is 0 Å². The molecule has 3 nitrogen and oxygen atoms in total. The molecule has 2 N–H and O–H groups in total. The van der Waals surface area contributed by atoms with Gasteiger partial charge in [-0.1, -0.05) is 18.2 Å². The Balaban J connectivity index is 2.24. The van der Waals surface area contributed by atoms with Crippen LogP contribution in [-0.2, 0) is 11.2 Å². The topological polar surface area (TPSA) is 41.1 Å². The second kappa shape index (κ2) is 3.47. The van der Waals surface area contributed by atoms with Crippen molar-refractivity contribution >= 4 is 11.6 Å². The monoisotopic (exact) mass is 176 g/mol. The van der Waals surface area contributed by atoms with E-state index in [9.17, 15) is 4.79 Å². The fourth-order valence-corrected chi connectivity index (χ4v) is 1.50. The third-order valence-corrected chi connectivity index (χ3v) is 2.20. The molecule has 2 rings (SSSR count). The van der Waals surface area contributed by atoms with Crippen molar-refractivity contribution in [2.75, 3.05) is 5.43 Å². The highest BCUT2D eigenvalue weighted by molar-refractivity contribution is 5.78. The molecule has 13 heavy (non-hydrogen) atoms. The molecule has 0 aliphatic carbocycles. The molecular formula is C10H12N2O. The second-order valence-corrected chi connectivity index (χ2v) is 3.18. The lowest BCUT2D eigenvalue weighted by Crippen LogP contribution is -2.31.